The van der Waals surface area contributed by atoms with Crippen LogP contribution >= 0.6 is 0 Å². The van der Waals surface area contributed by atoms with E-state index >= 15 is 0 Å². The van der Waals surface area contributed by atoms with Crippen LogP contribution in [0.3, 0.4) is 0 Å². The molecular weight excluding hydrogens is 240 g/mol. The number of halogens is 2. The lowest BCUT2D eigenvalue weighted by atomic mass is 10.2. The molecule has 0 aromatic heterocycles. The molecule has 1 N–H and O–H groups in total. The Bertz CT molecular complexity index is 392. The standard InChI is InChI=1S/C9H13F2NO3S/c10-8(11)4-5-3-7(5)9(13)12-16(14,15)6-1-2-6/h5-8H,1-4H2,(H,12,13)/t5-,7-/m0/s1. The van der Waals surface area contributed by atoms with E-state index in [0.29, 0.717) is 19.3 Å². The van der Waals surface area contributed by atoms with Crippen LogP contribution in [-0.4, -0.2) is 26.0 Å². The van der Waals surface area contributed by atoms with Crippen molar-refractivity contribution in [1.29, 1.82) is 0 Å². The van der Waals surface area contributed by atoms with Gasteiger partial charge in [-0.05, 0) is 25.2 Å². The van der Waals surface area contributed by atoms with Gasteiger partial charge < -0.3 is 0 Å². The predicted molar refractivity (Wildman–Crippen MR) is 52.3 cm³/mol. The van der Waals surface area contributed by atoms with Crippen molar-refractivity contribution in [3.8, 4) is 0 Å². The molecule has 2 saturated carbocycles. The van der Waals surface area contributed by atoms with Crippen LogP contribution in [0.25, 0.3) is 0 Å². The third-order valence-electron chi connectivity index (χ3n) is 2.95. The second-order valence-corrected chi connectivity index (χ2v) is 6.40. The van der Waals surface area contributed by atoms with Crippen LogP contribution in [0, 0.1) is 11.8 Å². The van der Waals surface area contributed by atoms with E-state index in [0.717, 1.165) is 0 Å². The number of sulfonamides is 1. The summed E-state index contributed by atoms with van der Waals surface area (Å²) in [5.74, 6) is -1.51. The van der Waals surface area contributed by atoms with Gasteiger partial charge in [0, 0.05) is 12.3 Å². The van der Waals surface area contributed by atoms with Gasteiger partial charge >= 0.3 is 0 Å². The van der Waals surface area contributed by atoms with Crippen molar-refractivity contribution in [3.63, 3.8) is 0 Å². The van der Waals surface area contributed by atoms with Gasteiger partial charge in [0.1, 0.15) is 0 Å². The van der Waals surface area contributed by atoms with Crippen LogP contribution in [-0.2, 0) is 14.8 Å². The van der Waals surface area contributed by atoms with Crippen molar-refractivity contribution in [2.45, 2.75) is 37.4 Å². The molecule has 0 bridgehead atoms. The first kappa shape index (κ1) is 11.8. The lowest BCUT2D eigenvalue weighted by Crippen LogP contribution is -2.34. The lowest BCUT2D eigenvalue weighted by molar-refractivity contribution is -0.120. The third-order valence-corrected chi connectivity index (χ3v) is 4.78. The number of amides is 1. The van der Waals surface area contributed by atoms with Crippen LogP contribution in [0.1, 0.15) is 25.7 Å². The molecule has 2 aliphatic rings. The Hall–Kier alpha value is -0.720. The summed E-state index contributed by atoms with van der Waals surface area (Å²) < 4.78 is 48.7. The SMILES string of the molecule is O=C(NS(=O)(=O)C1CC1)[C@H]1C[C@H]1CC(F)F. The van der Waals surface area contributed by atoms with Gasteiger partial charge in [0.2, 0.25) is 22.4 Å². The summed E-state index contributed by atoms with van der Waals surface area (Å²) in [6.07, 6.45) is -1.22. The molecular formula is C9H13F2NO3S. The Morgan fingerprint density at radius 1 is 1.38 bits per heavy atom. The Balaban J connectivity index is 1.82. The molecule has 4 nitrogen and oxygen atoms in total. The molecule has 0 aromatic carbocycles. The lowest BCUT2D eigenvalue weighted by Gasteiger charge is -2.04. The van der Waals surface area contributed by atoms with Crippen LogP contribution in [0.5, 0.6) is 0 Å². The van der Waals surface area contributed by atoms with E-state index in [9.17, 15) is 22.0 Å². The van der Waals surface area contributed by atoms with Crippen molar-refractivity contribution >= 4 is 15.9 Å². The molecule has 92 valence electrons. The maximum atomic E-state index is 12.0. The maximum Gasteiger partial charge on any atom is 0.238 e. The smallest absolute Gasteiger partial charge is 0.238 e. The number of rotatable bonds is 5. The van der Waals surface area contributed by atoms with Gasteiger partial charge in [-0.3, -0.25) is 9.52 Å². The van der Waals surface area contributed by atoms with E-state index in [4.69, 9.17) is 0 Å². The van der Waals surface area contributed by atoms with Gasteiger partial charge in [-0.25, -0.2) is 17.2 Å². The number of nitrogens with one attached hydrogen (secondary N) is 1. The van der Waals surface area contributed by atoms with Crippen LogP contribution in [0.4, 0.5) is 8.78 Å². The van der Waals surface area contributed by atoms with Gasteiger partial charge in [0.25, 0.3) is 0 Å². The van der Waals surface area contributed by atoms with E-state index in [2.05, 4.69) is 0 Å². The zero-order valence-electron chi connectivity index (χ0n) is 8.53. The molecule has 2 fully saturated rings. The summed E-state index contributed by atoms with van der Waals surface area (Å²) in [5.41, 5.74) is 0. The fourth-order valence-electron chi connectivity index (χ4n) is 1.74. The Kier molecular flexibility index (Phi) is 2.90. The maximum absolute atomic E-state index is 12.0. The van der Waals surface area contributed by atoms with E-state index < -0.39 is 33.5 Å². The summed E-state index contributed by atoms with van der Waals surface area (Å²) in [6, 6.07) is 0. The molecule has 0 spiro atoms. The van der Waals surface area contributed by atoms with Crippen molar-refractivity contribution in [1.82, 2.24) is 4.72 Å². The van der Waals surface area contributed by atoms with Crippen LogP contribution in [0.2, 0.25) is 0 Å². The first-order chi connectivity index (χ1) is 7.40. The predicted octanol–water partition coefficient (Wildman–Crippen LogP) is 0.886. The Morgan fingerprint density at radius 2 is 2.00 bits per heavy atom. The minimum Gasteiger partial charge on any atom is -0.274 e. The first-order valence-corrected chi connectivity index (χ1v) is 6.78. The number of alkyl halides is 2. The Morgan fingerprint density at radius 3 is 2.50 bits per heavy atom. The highest BCUT2D eigenvalue weighted by Gasteiger charge is 2.46. The van der Waals surface area contributed by atoms with Gasteiger partial charge in [-0.2, -0.15) is 0 Å². The van der Waals surface area contributed by atoms with Crippen molar-refractivity contribution in [2.75, 3.05) is 0 Å². The average molecular weight is 253 g/mol. The van der Waals surface area contributed by atoms with Crippen LogP contribution in [0.15, 0.2) is 0 Å². The summed E-state index contributed by atoms with van der Waals surface area (Å²) in [6.45, 7) is 0. The Labute approximate surface area is 92.5 Å². The van der Waals surface area contributed by atoms with Gasteiger partial charge in [-0.1, -0.05) is 0 Å². The molecule has 0 unspecified atom stereocenters. The third kappa shape index (κ3) is 2.69. The molecule has 2 aliphatic carbocycles. The van der Waals surface area contributed by atoms with E-state index in [1.807, 2.05) is 4.72 Å². The fourth-order valence-corrected chi connectivity index (χ4v) is 3.09. The highest BCUT2D eigenvalue weighted by atomic mass is 32.2. The fraction of sp³-hybridized carbons (Fsp3) is 0.889. The topological polar surface area (TPSA) is 63.2 Å². The van der Waals surface area contributed by atoms with Crippen LogP contribution < -0.4 is 4.72 Å². The number of hydrogen-bond acceptors (Lipinski definition) is 3. The van der Waals surface area contributed by atoms with Gasteiger partial charge in [0.15, 0.2) is 0 Å². The quantitative estimate of drug-likeness (QED) is 0.791. The molecule has 0 aliphatic heterocycles. The highest BCUT2D eigenvalue weighted by molar-refractivity contribution is 7.90. The molecule has 0 radical (unpaired) electrons. The van der Waals surface area contributed by atoms with Gasteiger partial charge in [0.05, 0.1) is 5.25 Å². The van der Waals surface area contributed by atoms with Crippen molar-refractivity contribution in [2.24, 2.45) is 11.8 Å². The number of hydrogen-bond donors (Lipinski definition) is 1. The molecule has 1 amide bonds. The second kappa shape index (κ2) is 3.94. The minimum atomic E-state index is -3.53. The largest absolute Gasteiger partial charge is 0.274 e. The summed E-state index contributed by atoms with van der Waals surface area (Å²) in [4.78, 5) is 11.4. The molecule has 16 heavy (non-hydrogen) atoms. The normalized spacial score (nSPS) is 29.2. The van der Waals surface area contributed by atoms with Crippen molar-refractivity contribution in [3.05, 3.63) is 0 Å². The van der Waals surface area contributed by atoms with E-state index in [1.165, 1.54) is 0 Å². The summed E-state index contributed by atoms with van der Waals surface area (Å²) in [7, 11) is -3.53. The summed E-state index contributed by atoms with van der Waals surface area (Å²) >= 11 is 0. The molecule has 2 rings (SSSR count). The molecule has 0 aromatic rings. The monoisotopic (exact) mass is 253 g/mol. The van der Waals surface area contributed by atoms with E-state index in [1.54, 1.807) is 0 Å². The zero-order valence-corrected chi connectivity index (χ0v) is 9.34. The van der Waals surface area contributed by atoms with Crippen molar-refractivity contribution < 1.29 is 22.0 Å². The average Bonchev–Trinajstić information content (AvgIpc) is 2.97. The van der Waals surface area contributed by atoms with Gasteiger partial charge in [-0.15, -0.1) is 0 Å². The highest BCUT2D eigenvalue weighted by Crippen LogP contribution is 2.43. The molecule has 7 heteroatoms. The molecule has 2 atom stereocenters. The zero-order chi connectivity index (χ0) is 11.9. The van der Waals surface area contributed by atoms with E-state index in [-0.39, 0.29) is 12.3 Å². The first-order valence-electron chi connectivity index (χ1n) is 5.24. The summed E-state index contributed by atoms with van der Waals surface area (Å²) in [5, 5.41) is -0.455. The minimum absolute atomic E-state index is 0.318. The molecule has 0 heterocycles. The second-order valence-electron chi connectivity index (χ2n) is 4.44. The number of carbonyl (C=O) groups excluding carboxylic acids is 1. The number of carbonyl (C=O) groups is 1. The molecule has 0 saturated heterocycles.